The third-order valence-corrected chi connectivity index (χ3v) is 9.16. The number of carbonyl (C=O) groups excluding carboxylic acids is 1. The van der Waals surface area contributed by atoms with Crippen molar-refractivity contribution in [2.75, 3.05) is 5.32 Å². The van der Waals surface area contributed by atoms with Gasteiger partial charge in [-0.15, -0.1) is 11.3 Å². The highest BCUT2D eigenvalue weighted by Gasteiger charge is 2.40. The van der Waals surface area contributed by atoms with Crippen molar-refractivity contribution in [1.82, 2.24) is 4.98 Å². The van der Waals surface area contributed by atoms with Crippen molar-refractivity contribution < 1.29 is 46.5 Å². The number of carbonyl (C=O) groups is 3. The first kappa shape index (κ1) is 28.1. The summed E-state index contributed by atoms with van der Waals surface area (Å²) in [6, 6.07) is 7.77. The van der Waals surface area contributed by atoms with Crippen LogP contribution in [0.15, 0.2) is 52.7 Å². The quantitative estimate of drug-likeness (QED) is 0.305. The minimum Gasteiger partial charge on any atom is -0.481 e. The topological polar surface area (TPSA) is 160 Å². The van der Waals surface area contributed by atoms with Crippen molar-refractivity contribution in [1.29, 1.82) is 0 Å². The molecule has 10 nitrogen and oxygen atoms in total. The maximum atomic E-state index is 14.4. The van der Waals surface area contributed by atoms with Gasteiger partial charge in [0.1, 0.15) is 11.2 Å². The summed E-state index contributed by atoms with van der Waals surface area (Å²) in [7, 11) is -3.52. The number of carboxylic acids is 2. The van der Waals surface area contributed by atoms with E-state index in [0.29, 0.717) is 18.9 Å². The van der Waals surface area contributed by atoms with Crippen molar-refractivity contribution >= 4 is 44.2 Å². The fraction of sp³-hybridized carbons (Fsp3) is 0.280. The molecular formula is C25H22F2N2O8S2. The number of amides is 1. The number of halogens is 2. The molecule has 1 saturated carbocycles. The number of benzene rings is 2. The lowest BCUT2D eigenvalue weighted by molar-refractivity contribution is -0.149. The van der Waals surface area contributed by atoms with E-state index in [9.17, 15) is 36.7 Å². The van der Waals surface area contributed by atoms with Gasteiger partial charge in [0.2, 0.25) is 6.10 Å². The lowest BCUT2D eigenvalue weighted by atomic mass is 9.84. The first-order chi connectivity index (χ1) is 18.3. The van der Waals surface area contributed by atoms with Gasteiger partial charge in [0, 0.05) is 17.0 Å². The number of anilines is 1. The molecule has 0 bridgehead atoms. The van der Waals surface area contributed by atoms with E-state index >= 15 is 0 Å². The monoisotopic (exact) mass is 580 g/mol. The first-order valence-corrected chi connectivity index (χ1v) is 13.9. The molecule has 0 aliphatic heterocycles. The van der Waals surface area contributed by atoms with Gasteiger partial charge in [0.25, 0.3) is 5.91 Å². The Bertz CT molecular complexity index is 1540. The summed E-state index contributed by atoms with van der Waals surface area (Å²) >= 11 is 0.831. The summed E-state index contributed by atoms with van der Waals surface area (Å²) in [4.78, 5) is 40.4. The Morgan fingerprint density at radius 1 is 1.15 bits per heavy atom. The van der Waals surface area contributed by atoms with Crippen LogP contribution in [0.5, 0.6) is 5.75 Å². The van der Waals surface area contributed by atoms with Crippen LogP contribution in [0.1, 0.15) is 43.5 Å². The number of sulfone groups is 1. The molecule has 3 N–H and O–H groups in total. The summed E-state index contributed by atoms with van der Waals surface area (Å²) in [5.41, 5.74) is -1.83. The normalized spacial score (nSPS) is 15.7. The van der Waals surface area contributed by atoms with Crippen molar-refractivity contribution in [2.24, 2.45) is 0 Å². The second-order valence-electron chi connectivity index (χ2n) is 9.12. The summed E-state index contributed by atoms with van der Waals surface area (Å²) in [5.74, 6) is -6.07. The van der Waals surface area contributed by atoms with Gasteiger partial charge in [-0.1, -0.05) is 12.1 Å². The third-order valence-electron chi connectivity index (χ3n) is 6.13. The van der Waals surface area contributed by atoms with Gasteiger partial charge in [-0.25, -0.2) is 22.2 Å². The van der Waals surface area contributed by atoms with E-state index < -0.39 is 68.3 Å². The number of aliphatic carboxylic acids is 2. The predicted octanol–water partition coefficient (Wildman–Crippen LogP) is 3.93. The van der Waals surface area contributed by atoms with Gasteiger partial charge >= 0.3 is 11.9 Å². The van der Waals surface area contributed by atoms with Gasteiger partial charge in [-0.2, -0.15) is 0 Å². The van der Waals surface area contributed by atoms with E-state index in [-0.39, 0.29) is 21.3 Å². The lowest BCUT2D eigenvalue weighted by Crippen LogP contribution is -2.35. The average Bonchev–Trinajstić information content (AvgIpc) is 3.63. The SMILES string of the molecule is CC(CC(=O)O)(C(=O)O)c1csc(NC(=O)C(Oc2ccc(F)cc2F)c2ccc(S(=O)(=O)C3CC3)cc2)n1. The molecule has 1 fully saturated rings. The number of aromatic nitrogens is 1. The molecule has 14 heteroatoms. The van der Waals surface area contributed by atoms with Gasteiger partial charge in [0.15, 0.2) is 26.5 Å². The summed E-state index contributed by atoms with van der Waals surface area (Å²) in [6.07, 6.45) is -1.19. The largest absolute Gasteiger partial charge is 0.481 e. The fourth-order valence-corrected chi connectivity index (χ4v) is 6.21. The molecule has 3 aromatic rings. The molecule has 39 heavy (non-hydrogen) atoms. The highest BCUT2D eigenvalue weighted by molar-refractivity contribution is 7.92. The minimum atomic E-state index is -3.52. The predicted molar refractivity (Wildman–Crippen MR) is 134 cm³/mol. The smallest absolute Gasteiger partial charge is 0.316 e. The Labute approximate surface area is 225 Å². The summed E-state index contributed by atoms with van der Waals surface area (Å²) in [6.45, 7) is 1.19. The Kier molecular flexibility index (Phi) is 7.70. The standard InChI is InChI=1S/C25H22F2N2O8S2/c1-25(23(33)34,11-20(30)31)19-12-38-24(28-19)29-22(32)21(37-18-9-4-14(26)10-17(18)27)13-2-5-15(6-3-13)39(35,36)16-7-8-16/h2-6,9-10,12,16,21H,7-8,11H2,1H3,(H,30,31)(H,33,34)(H,28,29,32). The number of carboxylic acid groups (broad SMARTS) is 2. The molecule has 0 saturated heterocycles. The van der Waals surface area contributed by atoms with Crippen LogP contribution < -0.4 is 10.1 Å². The second-order valence-corrected chi connectivity index (χ2v) is 12.2. The third kappa shape index (κ3) is 6.06. The molecule has 4 rings (SSSR count). The summed E-state index contributed by atoms with van der Waals surface area (Å²) in [5, 5.41) is 21.9. The molecule has 0 spiro atoms. The number of thiazole rings is 1. The lowest BCUT2D eigenvalue weighted by Gasteiger charge is -2.20. The average molecular weight is 581 g/mol. The number of hydrogen-bond donors (Lipinski definition) is 3. The Hall–Kier alpha value is -3.91. The van der Waals surface area contributed by atoms with Crippen molar-refractivity contribution in [3.05, 3.63) is 70.7 Å². The number of hydrogen-bond acceptors (Lipinski definition) is 8. The van der Waals surface area contributed by atoms with Gasteiger partial charge < -0.3 is 14.9 Å². The van der Waals surface area contributed by atoms with Crippen LogP contribution in [0.3, 0.4) is 0 Å². The maximum Gasteiger partial charge on any atom is 0.316 e. The highest BCUT2D eigenvalue weighted by atomic mass is 32.2. The highest BCUT2D eigenvalue weighted by Crippen LogP contribution is 2.35. The zero-order chi connectivity index (χ0) is 28.5. The van der Waals surface area contributed by atoms with Crippen LogP contribution in [0.25, 0.3) is 0 Å². The van der Waals surface area contributed by atoms with Gasteiger partial charge in [0.05, 0.1) is 22.3 Å². The van der Waals surface area contributed by atoms with Crippen LogP contribution >= 0.6 is 11.3 Å². The molecule has 0 radical (unpaired) electrons. The Morgan fingerprint density at radius 2 is 1.82 bits per heavy atom. The van der Waals surface area contributed by atoms with Gasteiger partial charge in [-0.05, 0) is 44.0 Å². The molecule has 1 aliphatic rings. The fourth-order valence-electron chi connectivity index (χ4n) is 3.71. The number of ether oxygens (including phenoxy) is 1. The van der Waals surface area contributed by atoms with Crippen molar-refractivity contribution in [3.8, 4) is 5.75 Å². The van der Waals surface area contributed by atoms with Crippen molar-refractivity contribution in [2.45, 2.75) is 47.9 Å². The molecule has 2 atom stereocenters. The van der Waals surface area contributed by atoms with Crippen LogP contribution in [0.2, 0.25) is 0 Å². The molecule has 1 aliphatic carbocycles. The van der Waals surface area contributed by atoms with E-state index in [0.717, 1.165) is 23.5 Å². The van der Waals surface area contributed by atoms with Crippen LogP contribution in [0.4, 0.5) is 13.9 Å². The zero-order valence-electron chi connectivity index (χ0n) is 20.3. The van der Waals surface area contributed by atoms with E-state index in [1.54, 1.807) is 0 Å². The number of rotatable bonds is 11. The van der Waals surface area contributed by atoms with Crippen LogP contribution in [-0.4, -0.2) is 46.7 Å². The minimum absolute atomic E-state index is 0.0526. The number of nitrogens with zero attached hydrogens (tertiary/aromatic N) is 1. The number of nitrogens with one attached hydrogen (secondary N) is 1. The van der Waals surface area contributed by atoms with E-state index in [1.165, 1.54) is 36.6 Å². The molecule has 1 heterocycles. The first-order valence-electron chi connectivity index (χ1n) is 11.5. The van der Waals surface area contributed by atoms with Crippen LogP contribution in [0, 0.1) is 11.6 Å². The molecular weight excluding hydrogens is 558 g/mol. The van der Waals surface area contributed by atoms with Gasteiger partial charge in [-0.3, -0.25) is 19.7 Å². The maximum absolute atomic E-state index is 14.4. The van der Waals surface area contributed by atoms with Crippen molar-refractivity contribution in [3.63, 3.8) is 0 Å². The van der Waals surface area contributed by atoms with E-state index in [4.69, 9.17) is 9.84 Å². The molecule has 1 aromatic heterocycles. The Balaban J connectivity index is 1.63. The van der Waals surface area contributed by atoms with Crippen LogP contribution in [-0.2, 0) is 29.6 Å². The second kappa shape index (κ2) is 10.7. The van der Waals surface area contributed by atoms with E-state index in [2.05, 4.69) is 10.3 Å². The van der Waals surface area contributed by atoms with E-state index in [1.807, 2.05) is 0 Å². The Morgan fingerprint density at radius 3 is 2.38 bits per heavy atom. The summed E-state index contributed by atoms with van der Waals surface area (Å²) < 4.78 is 58.4. The molecule has 1 amide bonds. The molecule has 2 unspecified atom stereocenters. The molecule has 2 aromatic carbocycles. The zero-order valence-corrected chi connectivity index (χ0v) is 21.9. The molecule has 206 valence electrons.